The lowest BCUT2D eigenvalue weighted by Gasteiger charge is -2.33. The maximum Gasteiger partial charge on any atom is 0.226 e. The molecule has 15 heavy (non-hydrogen) atoms. The summed E-state index contributed by atoms with van der Waals surface area (Å²) in [6.45, 7) is 4.68. The Morgan fingerprint density at radius 3 is 2.47 bits per heavy atom. The van der Waals surface area contributed by atoms with Gasteiger partial charge in [-0.2, -0.15) is 0 Å². The molecule has 0 aliphatic heterocycles. The summed E-state index contributed by atoms with van der Waals surface area (Å²) < 4.78 is 0. The molecule has 3 nitrogen and oxygen atoms in total. The third kappa shape index (κ3) is 3.20. The molecule has 0 spiro atoms. The smallest absolute Gasteiger partial charge is 0.226 e. The van der Waals surface area contributed by atoms with Crippen molar-refractivity contribution in [3.8, 4) is 0 Å². The molecule has 0 aromatic rings. The van der Waals surface area contributed by atoms with Crippen molar-refractivity contribution in [1.82, 2.24) is 5.32 Å². The van der Waals surface area contributed by atoms with Crippen molar-refractivity contribution in [2.45, 2.75) is 58.4 Å². The minimum absolute atomic E-state index is 0.138. The summed E-state index contributed by atoms with van der Waals surface area (Å²) in [6, 6.07) is 0.149. The van der Waals surface area contributed by atoms with Gasteiger partial charge in [-0.15, -0.1) is 0 Å². The Morgan fingerprint density at radius 2 is 2.00 bits per heavy atom. The minimum atomic E-state index is -0.138. The van der Waals surface area contributed by atoms with Crippen LogP contribution in [-0.2, 0) is 4.79 Å². The highest BCUT2D eigenvalue weighted by Gasteiger charge is 2.34. The minimum Gasteiger partial charge on any atom is -0.352 e. The third-order valence-electron chi connectivity index (χ3n) is 3.62. The first-order chi connectivity index (χ1) is 7.12. The second kappa shape index (κ2) is 5.50. The van der Waals surface area contributed by atoms with E-state index in [-0.39, 0.29) is 17.4 Å². The van der Waals surface area contributed by atoms with Crippen molar-refractivity contribution in [1.29, 1.82) is 0 Å². The molecule has 3 heteroatoms. The predicted octanol–water partition coefficient (Wildman–Crippen LogP) is 1.81. The normalized spacial score (nSPS) is 22.1. The molecule has 1 aliphatic rings. The summed E-state index contributed by atoms with van der Waals surface area (Å²) in [5.74, 6) is 0.208. The maximum atomic E-state index is 12.1. The summed E-state index contributed by atoms with van der Waals surface area (Å²) in [4.78, 5) is 12.1. The Labute approximate surface area is 92.8 Å². The van der Waals surface area contributed by atoms with Crippen LogP contribution >= 0.6 is 0 Å². The van der Waals surface area contributed by atoms with E-state index in [2.05, 4.69) is 19.2 Å². The molecule has 1 aliphatic carbocycles. The number of hydrogen-bond donors (Lipinski definition) is 2. The van der Waals surface area contributed by atoms with Gasteiger partial charge in [0.1, 0.15) is 0 Å². The summed E-state index contributed by atoms with van der Waals surface area (Å²) in [5, 5.41) is 3.06. The van der Waals surface area contributed by atoms with Gasteiger partial charge in [0.15, 0.2) is 0 Å². The Hall–Kier alpha value is -0.570. The van der Waals surface area contributed by atoms with E-state index in [0.717, 1.165) is 19.3 Å². The molecule has 0 aromatic carbocycles. The van der Waals surface area contributed by atoms with Gasteiger partial charge < -0.3 is 11.1 Å². The quantitative estimate of drug-likeness (QED) is 0.746. The van der Waals surface area contributed by atoms with E-state index in [1.54, 1.807) is 0 Å². The fraction of sp³-hybridized carbons (Fsp3) is 0.917. The van der Waals surface area contributed by atoms with Crippen LogP contribution in [0.1, 0.15) is 52.4 Å². The lowest BCUT2D eigenvalue weighted by molar-refractivity contribution is -0.132. The van der Waals surface area contributed by atoms with Crippen LogP contribution in [-0.4, -0.2) is 18.5 Å². The zero-order chi connectivity index (χ0) is 11.3. The zero-order valence-electron chi connectivity index (χ0n) is 10.0. The van der Waals surface area contributed by atoms with Crippen molar-refractivity contribution in [3.63, 3.8) is 0 Å². The number of carbonyl (C=O) groups is 1. The van der Waals surface area contributed by atoms with Crippen LogP contribution in [0.2, 0.25) is 0 Å². The van der Waals surface area contributed by atoms with Crippen LogP contribution in [0.3, 0.4) is 0 Å². The molecule has 1 unspecified atom stereocenters. The van der Waals surface area contributed by atoms with Crippen LogP contribution < -0.4 is 11.1 Å². The second-order valence-electron chi connectivity index (χ2n) is 4.94. The van der Waals surface area contributed by atoms with E-state index in [9.17, 15) is 4.79 Å². The molecular weight excluding hydrogens is 188 g/mol. The van der Waals surface area contributed by atoms with Crippen LogP contribution in [0, 0.1) is 5.41 Å². The first-order valence-corrected chi connectivity index (χ1v) is 6.13. The van der Waals surface area contributed by atoms with Crippen molar-refractivity contribution in [2.75, 3.05) is 6.54 Å². The number of nitrogens with one attached hydrogen (secondary N) is 1. The van der Waals surface area contributed by atoms with Gasteiger partial charge in [0.05, 0.1) is 0 Å². The van der Waals surface area contributed by atoms with Crippen LogP contribution in [0.5, 0.6) is 0 Å². The molecule has 0 heterocycles. The summed E-state index contributed by atoms with van der Waals surface area (Å²) in [5.41, 5.74) is 5.45. The van der Waals surface area contributed by atoms with E-state index in [1.165, 1.54) is 19.3 Å². The lowest BCUT2D eigenvalue weighted by atomic mass is 9.75. The Bertz CT molecular complexity index is 206. The van der Waals surface area contributed by atoms with Crippen molar-refractivity contribution >= 4 is 5.91 Å². The van der Waals surface area contributed by atoms with E-state index < -0.39 is 0 Å². The first kappa shape index (κ1) is 12.5. The number of carbonyl (C=O) groups excluding carboxylic acids is 1. The Kier molecular flexibility index (Phi) is 4.58. The molecule has 0 bridgehead atoms. The summed E-state index contributed by atoms with van der Waals surface area (Å²) in [6.07, 6.45) is 6.61. The standard InChI is InChI=1S/C12H24N2O/c1-3-10(9-13)14-11(15)12(2)7-5-4-6-8-12/h10H,3-9,13H2,1-2H3,(H,14,15). The number of hydrogen-bond acceptors (Lipinski definition) is 2. The Morgan fingerprint density at radius 1 is 1.40 bits per heavy atom. The average Bonchev–Trinajstić information content (AvgIpc) is 2.26. The molecule has 3 N–H and O–H groups in total. The van der Waals surface area contributed by atoms with E-state index >= 15 is 0 Å². The highest BCUT2D eigenvalue weighted by atomic mass is 16.2. The van der Waals surface area contributed by atoms with Gasteiger partial charge in [-0.1, -0.05) is 33.1 Å². The molecular formula is C12H24N2O. The first-order valence-electron chi connectivity index (χ1n) is 6.13. The highest BCUT2D eigenvalue weighted by molar-refractivity contribution is 5.82. The van der Waals surface area contributed by atoms with Crippen LogP contribution in [0.25, 0.3) is 0 Å². The Balaban J connectivity index is 2.50. The van der Waals surface area contributed by atoms with Gasteiger partial charge in [-0.05, 0) is 19.3 Å². The molecule has 0 aromatic heterocycles. The fourth-order valence-corrected chi connectivity index (χ4v) is 2.25. The third-order valence-corrected chi connectivity index (χ3v) is 3.62. The fourth-order valence-electron chi connectivity index (χ4n) is 2.25. The van der Waals surface area contributed by atoms with Crippen molar-refractivity contribution in [3.05, 3.63) is 0 Å². The van der Waals surface area contributed by atoms with Gasteiger partial charge in [0.25, 0.3) is 0 Å². The van der Waals surface area contributed by atoms with Gasteiger partial charge >= 0.3 is 0 Å². The number of amides is 1. The number of rotatable bonds is 4. The molecule has 0 radical (unpaired) electrons. The van der Waals surface area contributed by atoms with Crippen LogP contribution in [0.4, 0.5) is 0 Å². The molecule has 88 valence electrons. The lowest BCUT2D eigenvalue weighted by Crippen LogP contribution is -2.47. The SMILES string of the molecule is CCC(CN)NC(=O)C1(C)CCCCC1. The summed E-state index contributed by atoms with van der Waals surface area (Å²) >= 11 is 0. The van der Waals surface area contributed by atoms with Crippen LogP contribution in [0.15, 0.2) is 0 Å². The van der Waals surface area contributed by atoms with Gasteiger partial charge in [0, 0.05) is 18.0 Å². The van der Waals surface area contributed by atoms with E-state index in [1.807, 2.05) is 0 Å². The van der Waals surface area contributed by atoms with Crippen molar-refractivity contribution < 1.29 is 4.79 Å². The molecule has 0 saturated heterocycles. The second-order valence-corrected chi connectivity index (χ2v) is 4.94. The molecule has 1 atom stereocenters. The van der Waals surface area contributed by atoms with Crippen molar-refractivity contribution in [2.24, 2.45) is 11.1 Å². The zero-order valence-corrected chi connectivity index (χ0v) is 10.0. The van der Waals surface area contributed by atoms with E-state index in [4.69, 9.17) is 5.73 Å². The summed E-state index contributed by atoms with van der Waals surface area (Å²) in [7, 11) is 0. The average molecular weight is 212 g/mol. The topological polar surface area (TPSA) is 55.1 Å². The maximum absolute atomic E-state index is 12.1. The largest absolute Gasteiger partial charge is 0.352 e. The highest BCUT2D eigenvalue weighted by Crippen LogP contribution is 2.35. The number of nitrogens with two attached hydrogens (primary N) is 1. The predicted molar refractivity (Wildman–Crippen MR) is 62.5 cm³/mol. The van der Waals surface area contributed by atoms with Gasteiger partial charge in [-0.25, -0.2) is 0 Å². The van der Waals surface area contributed by atoms with E-state index in [0.29, 0.717) is 6.54 Å². The molecule has 1 saturated carbocycles. The van der Waals surface area contributed by atoms with Gasteiger partial charge in [-0.3, -0.25) is 4.79 Å². The van der Waals surface area contributed by atoms with Gasteiger partial charge in [0.2, 0.25) is 5.91 Å². The molecule has 1 amide bonds. The monoisotopic (exact) mass is 212 g/mol. The molecule has 1 fully saturated rings. The molecule has 1 rings (SSSR count).